The number of aromatic nitrogens is 2. The molecule has 1 unspecified atom stereocenters. The van der Waals surface area contributed by atoms with E-state index in [0.29, 0.717) is 18.8 Å². The number of benzene rings is 1. The van der Waals surface area contributed by atoms with Crippen molar-refractivity contribution in [3.8, 4) is 0 Å². The average molecular weight is 362 g/mol. The number of amides is 1. The van der Waals surface area contributed by atoms with Crippen molar-refractivity contribution in [2.75, 3.05) is 25.0 Å². The summed E-state index contributed by atoms with van der Waals surface area (Å²) in [5, 5.41) is 10.7. The topological polar surface area (TPSA) is 64.3 Å². The highest BCUT2D eigenvalue weighted by molar-refractivity contribution is 5.94. The highest BCUT2D eigenvalue weighted by Gasteiger charge is 2.31. The molecule has 4 rings (SSSR count). The third kappa shape index (κ3) is 3.12. The summed E-state index contributed by atoms with van der Waals surface area (Å²) in [5.41, 5.74) is 5.08. The summed E-state index contributed by atoms with van der Waals surface area (Å²) in [7, 11) is 2.09. The molecule has 2 N–H and O–H groups in total. The number of carbonyl (C=O) groups excluding carboxylic acids is 1. The molecule has 0 radical (unpaired) electrons. The zero-order chi connectivity index (χ0) is 16.7. The Morgan fingerprint density at radius 2 is 2.12 bits per heavy atom. The summed E-state index contributed by atoms with van der Waals surface area (Å²) in [6.45, 7) is 5.19. The molecule has 1 aromatic carbocycles. The van der Waals surface area contributed by atoms with E-state index in [9.17, 15) is 4.79 Å². The lowest BCUT2D eigenvalue weighted by molar-refractivity contribution is 0.0679. The van der Waals surface area contributed by atoms with Gasteiger partial charge in [0.2, 0.25) is 0 Å². The number of aromatic amines is 1. The van der Waals surface area contributed by atoms with Crippen LogP contribution in [0.3, 0.4) is 0 Å². The molecule has 2 aromatic rings. The van der Waals surface area contributed by atoms with E-state index >= 15 is 0 Å². The van der Waals surface area contributed by atoms with Gasteiger partial charge in [0, 0.05) is 62.6 Å². The number of carbonyl (C=O) groups is 1. The van der Waals surface area contributed by atoms with Gasteiger partial charge in [-0.25, -0.2) is 0 Å². The Morgan fingerprint density at radius 1 is 1.32 bits per heavy atom. The summed E-state index contributed by atoms with van der Waals surface area (Å²) in [6.07, 6.45) is 0.900. The molecule has 25 heavy (non-hydrogen) atoms. The largest absolute Gasteiger partial charge is 0.372 e. The van der Waals surface area contributed by atoms with Crippen molar-refractivity contribution < 1.29 is 4.79 Å². The minimum Gasteiger partial charge on any atom is -0.372 e. The quantitative estimate of drug-likeness (QED) is 0.815. The van der Waals surface area contributed by atoms with Gasteiger partial charge in [-0.2, -0.15) is 5.10 Å². The van der Waals surface area contributed by atoms with Crippen molar-refractivity contribution in [3.63, 3.8) is 0 Å². The van der Waals surface area contributed by atoms with Crippen molar-refractivity contribution in [1.82, 2.24) is 20.4 Å². The second kappa shape index (κ2) is 7.06. The van der Waals surface area contributed by atoms with Crippen LogP contribution < -0.4 is 10.2 Å². The summed E-state index contributed by atoms with van der Waals surface area (Å²) in [4.78, 5) is 17.4. The van der Waals surface area contributed by atoms with Gasteiger partial charge in [-0.05, 0) is 18.6 Å². The molecule has 0 saturated carbocycles. The van der Waals surface area contributed by atoms with E-state index in [4.69, 9.17) is 0 Å². The van der Waals surface area contributed by atoms with Crippen molar-refractivity contribution in [1.29, 1.82) is 0 Å². The standard InChI is InChI=1S/C18H23N5O.ClH/c1-12-10-22(2)16-6-4-3-5-13(16)11-23(12)18(24)17-14-9-19-8-7-15(14)20-21-17;/h3-6,12,19H,7-11H2,1-2H3,(H,20,21);1H. The van der Waals surface area contributed by atoms with E-state index < -0.39 is 0 Å². The molecule has 2 aliphatic heterocycles. The lowest BCUT2D eigenvalue weighted by Crippen LogP contribution is -2.42. The lowest BCUT2D eigenvalue weighted by Gasteiger charge is -2.28. The molecule has 1 atom stereocenters. The van der Waals surface area contributed by atoms with Crippen LogP contribution >= 0.6 is 12.4 Å². The smallest absolute Gasteiger partial charge is 0.275 e. The van der Waals surface area contributed by atoms with E-state index in [1.165, 1.54) is 11.3 Å². The second-order valence-electron chi connectivity index (χ2n) is 6.75. The molecule has 1 amide bonds. The SMILES string of the molecule is CC1CN(C)c2ccccc2CN1C(=O)c1n[nH]c2c1CNCC2.Cl. The third-order valence-corrected chi connectivity index (χ3v) is 5.08. The first-order valence-corrected chi connectivity index (χ1v) is 8.52. The zero-order valence-corrected chi connectivity index (χ0v) is 15.4. The molecule has 0 saturated heterocycles. The molecule has 2 aliphatic rings. The van der Waals surface area contributed by atoms with Crippen LogP contribution in [0.15, 0.2) is 24.3 Å². The fourth-order valence-electron chi connectivity index (χ4n) is 3.76. The van der Waals surface area contributed by atoms with Crippen LogP contribution in [0.5, 0.6) is 0 Å². The number of nitrogens with zero attached hydrogens (tertiary/aromatic N) is 3. The fourth-order valence-corrected chi connectivity index (χ4v) is 3.76. The second-order valence-corrected chi connectivity index (χ2v) is 6.75. The van der Waals surface area contributed by atoms with E-state index in [1.54, 1.807) is 0 Å². The van der Waals surface area contributed by atoms with Gasteiger partial charge in [-0.15, -0.1) is 12.4 Å². The van der Waals surface area contributed by atoms with Crippen molar-refractivity contribution >= 4 is 24.0 Å². The van der Waals surface area contributed by atoms with E-state index in [0.717, 1.165) is 30.8 Å². The summed E-state index contributed by atoms with van der Waals surface area (Å²) in [5.74, 6) is 0.0220. The first kappa shape index (κ1) is 17.8. The highest BCUT2D eigenvalue weighted by atomic mass is 35.5. The number of halogens is 1. The lowest BCUT2D eigenvalue weighted by atomic mass is 10.1. The van der Waals surface area contributed by atoms with Crippen molar-refractivity contribution in [2.45, 2.75) is 32.5 Å². The van der Waals surface area contributed by atoms with E-state index in [-0.39, 0.29) is 24.4 Å². The number of H-pyrrole nitrogens is 1. The molecule has 0 bridgehead atoms. The van der Waals surface area contributed by atoms with Gasteiger partial charge >= 0.3 is 0 Å². The summed E-state index contributed by atoms with van der Waals surface area (Å²) in [6, 6.07) is 8.43. The monoisotopic (exact) mass is 361 g/mol. The average Bonchev–Trinajstić information content (AvgIpc) is 2.98. The number of para-hydroxylation sites is 1. The van der Waals surface area contributed by atoms with Crippen LogP contribution in [0.4, 0.5) is 5.69 Å². The van der Waals surface area contributed by atoms with Crippen LogP contribution in [-0.4, -0.2) is 47.2 Å². The number of nitrogens with one attached hydrogen (secondary N) is 2. The van der Waals surface area contributed by atoms with Crippen LogP contribution in [0.25, 0.3) is 0 Å². The van der Waals surface area contributed by atoms with Gasteiger partial charge < -0.3 is 15.1 Å². The minimum absolute atomic E-state index is 0. The van der Waals surface area contributed by atoms with Crippen LogP contribution in [0.2, 0.25) is 0 Å². The molecule has 0 aliphatic carbocycles. The number of fused-ring (bicyclic) bond motifs is 2. The number of anilines is 1. The Labute approximate surface area is 154 Å². The van der Waals surface area contributed by atoms with Crippen LogP contribution in [0, 0.1) is 0 Å². The summed E-state index contributed by atoms with van der Waals surface area (Å²) >= 11 is 0. The van der Waals surface area contributed by atoms with Gasteiger partial charge in [0.1, 0.15) is 0 Å². The van der Waals surface area contributed by atoms with Gasteiger partial charge in [0.05, 0.1) is 0 Å². The molecule has 7 heteroatoms. The first-order valence-electron chi connectivity index (χ1n) is 8.52. The Morgan fingerprint density at radius 3 is 2.96 bits per heavy atom. The molecule has 3 heterocycles. The van der Waals surface area contributed by atoms with Gasteiger partial charge in [-0.3, -0.25) is 9.89 Å². The third-order valence-electron chi connectivity index (χ3n) is 5.08. The number of hydrogen-bond donors (Lipinski definition) is 2. The highest BCUT2D eigenvalue weighted by Crippen LogP contribution is 2.27. The Bertz CT molecular complexity index is 775. The number of likely N-dealkylation sites (N-methyl/N-ethyl adjacent to an activating group) is 1. The molecule has 6 nitrogen and oxygen atoms in total. The molecular formula is C18H24ClN5O. The number of rotatable bonds is 1. The zero-order valence-electron chi connectivity index (χ0n) is 14.6. The van der Waals surface area contributed by atoms with Crippen LogP contribution in [-0.2, 0) is 19.5 Å². The maximum Gasteiger partial charge on any atom is 0.275 e. The van der Waals surface area contributed by atoms with E-state index in [2.05, 4.69) is 46.5 Å². The van der Waals surface area contributed by atoms with Gasteiger partial charge in [0.15, 0.2) is 5.69 Å². The Kier molecular flexibility index (Phi) is 5.01. The van der Waals surface area contributed by atoms with Crippen molar-refractivity contribution in [2.24, 2.45) is 0 Å². The molecule has 134 valence electrons. The van der Waals surface area contributed by atoms with Gasteiger partial charge in [-0.1, -0.05) is 18.2 Å². The van der Waals surface area contributed by atoms with Crippen molar-refractivity contribution in [3.05, 3.63) is 46.8 Å². The molecule has 0 fully saturated rings. The Balaban J connectivity index is 0.00000182. The first-order chi connectivity index (χ1) is 11.6. The molecule has 0 spiro atoms. The molecule has 1 aromatic heterocycles. The Hall–Kier alpha value is -2.05. The van der Waals surface area contributed by atoms with E-state index in [1.807, 2.05) is 17.0 Å². The van der Waals surface area contributed by atoms with Gasteiger partial charge in [0.25, 0.3) is 5.91 Å². The van der Waals surface area contributed by atoms with Crippen LogP contribution in [0.1, 0.15) is 34.2 Å². The number of hydrogen-bond acceptors (Lipinski definition) is 4. The predicted molar refractivity (Wildman–Crippen MR) is 100 cm³/mol. The summed E-state index contributed by atoms with van der Waals surface area (Å²) < 4.78 is 0. The predicted octanol–water partition coefficient (Wildman–Crippen LogP) is 1.96. The fraction of sp³-hybridized carbons (Fsp3) is 0.444. The maximum atomic E-state index is 13.2. The normalized spacial score (nSPS) is 19.5. The molecular weight excluding hydrogens is 338 g/mol. The minimum atomic E-state index is 0. The maximum absolute atomic E-state index is 13.2.